The fourth-order valence-electron chi connectivity index (χ4n) is 4.95. The molecule has 0 amide bonds. The number of rotatable bonds is 7. The Kier molecular flexibility index (Phi) is 7.08. The maximum Gasteiger partial charge on any atom is 0.243 e. The van der Waals surface area contributed by atoms with Gasteiger partial charge in [0.15, 0.2) is 11.5 Å². The fourth-order valence-corrected chi connectivity index (χ4v) is 6.38. The zero-order chi connectivity index (χ0) is 23.5. The van der Waals surface area contributed by atoms with E-state index in [0.717, 1.165) is 19.3 Å². The molecule has 0 unspecified atom stereocenters. The van der Waals surface area contributed by atoms with E-state index in [2.05, 4.69) is 23.1 Å². The van der Waals surface area contributed by atoms with Crippen molar-refractivity contribution in [3.63, 3.8) is 0 Å². The van der Waals surface area contributed by atoms with Gasteiger partial charge >= 0.3 is 0 Å². The summed E-state index contributed by atoms with van der Waals surface area (Å²) >= 11 is 0. The summed E-state index contributed by atoms with van der Waals surface area (Å²) < 4.78 is 44.9. The number of ether oxygens (including phenoxy) is 3. The van der Waals surface area contributed by atoms with Crippen molar-refractivity contribution in [2.45, 2.75) is 36.4 Å². The van der Waals surface area contributed by atoms with Gasteiger partial charge in [-0.05, 0) is 42.5 Å². The smallest absolute Gasteiger partial charge is 0.243 e. The molecule has 34 heavy (non-hydrogen) atoms. The van der Waals surface area contributed by atoms with E-state index in [0.29, 0.717) is 57.4 Å². The lowest BCUT2D eigenvalue weighted by Gasteiger charge is -2.35. The summed E-state index contributed by atoms with van der Waals surface area (Å²) in [4.78, 5) is 2.31. The average molecular weight is 489 g/mol. The zero-order valence-electron chi connectivity index (χ0n) is 19.3. The summed E-state index contributed by atoms with van der Waals surface area (Å²) in [5.74, 6) is 1.04. The van der Waals surface area contributed by atoms with E-state index in [-0.39, 0.29) is 17.6 Å². The second kappa shape index (κ2) is 10.2. The summed E-state index contributed by atoms with van der Waals surface area (Å²) in [5, 5.41) is 10.6. The lowest BCUT2D eigenvalue weighted by molar-refractivity contribution is -0.0304. The van der Waals surface area contributed by atoms with Crippen LogP contribution >= 0.6 is 0 Å². The lowest BCUT2D eigenvalue weighted by atomic mass is 9.89. The number of aliphatic hydroxyl groups excluding tert-OH is 1. The SMILES string of the molecule is O=S(=O)(c1ccc2c(c1)OCCO2)N1CCN(C[C@H](O)CO[C@H]2CCCc3ccccc32)CC1. The summed E-state index contributed by atoms with van der Waals surface area (Å²) in [6.07, 6.45) is 2.57. The van der Waals surface area contributed by atoms with Crippen LogP contribution < -0.4 is 9.47 Å². The Bertz CT molecular complexity index is 1100. The first-order valence-corrected chi connectivity index (χ1v) is 13.4. The molecule has 2 atom stereocenters. The highest BCUT2D eigenvalue weighted by Gasteiger charge is 2.30. The monoisotopic (exact) mass is 488 g/mol. The van der Waals surface area contributed by atoms with Gasteiger partial charge in [-0.2, -0.15) is 4.31 Å². The highest BCUT2D eigenvalue weighted by atomic mass is 32.2. The highest BCUT2D eigenvalue weighted by Crippen LogP contribution is 2.34. The lowest BCUT2D eigenvalue weighted by Crippen LogP contribution is -2.50. The van der Waals surface area contributed by atoms with Gasteiger partial charge in [-0.25, -0.2) is 8.42 Å². The molecule has 1 fully saturated rings. The number of benzene rings is 2. The minimum Gasteiger partial charge on any atom is -0.486 e. The topological polar surface area (TPSA) is 88.5 Å². The molecule has 5 rings (SSSR count). The number of fused-ring (bicyclic) bond motifs is 2. The Hall–Kier alpha value is -2.17. The van der Waals surface area contributed by atoms with Crippen molar-refractivity contribution < 1.29 is 27.7 Å². The van der Waals surface area contributed by atoms with Gasteiger partial charge in [0, 0.05) is 38.8 Å². The van der Waals surface area contributed by atoms with Crippen molar-refractivity contribution in [1.29, 1.82) is 0 Å². The minimum absolute atomic E-state index is 0.0348. The van der Waals surface area contributed by atoms with Crippen molar-refractivity contribution in [3.05, 3.63) is 53.6 Å². The fraction of sp³-hybridized carbons (Fsp3) is 0.520. The Balaban J connectivity index is 1.11. The minimum atomic E-state index is -3.62. The van der Waals surface area contributed by atoms with Gasteiger partial charge in [-0.1, -0.05) is 24.3 Å². The zero-order valence-corrected chi connectivity index (χ0v) is 20.1. The summed E-state index contributed by atoms with van der Waals surface area (Å²) in [5.41, 5.74) is 2.57. The number of β-amino-alcohol motifs (C(OH)–C–C–N with tert-alkyl or cyclic N) is 1. The van der Waals surface area contributed by atoms with E-state index in [4.69, 9.17) is 14.2 Å². The maximum absolute atomic E-state index is 13.1. The van der Waals surface area contributed by atoms with Gasteiger partial charge in [0.25, 0.3) is 0 Å². The first kappa shape index (κ1) is 23.6. The maximum atomic E-state index is 13.1. The molecule has 2 aromatic carbocycles. The van der Waals surface area contributed by atoms with E-state index < -0.39 is 16.1 Å². The molecule has 1 N–H and O–H groups in total. The van der Waals surface area contributed by atoms with Crippen LogP contribution in [-0.4, -0.2) is 81.4 Å². The third kappa shape index (κ3) is 5.08. The highest BCUT2D eigenvalue weighted by molar-refractivity contribution is 7.89. The predicted molar refractivity (Wildman–Crippen MR) is 127 cm³/mol. The summed E-state index contributed by atoms with van der Waals surface area (Å²) in [6.45, 7) is 3.49. The van der Waals surface area contributed by atoms with Crippen LogP contribution in [0.15, 0.2) is 47.4 Å². The van der Waals surface area contributed by atoms with Gasteiger partial charge in [-0.15, -0.1) is 0 Å². The van der Waals surface area contributed by atoms with Crippen molar-refractivity contribution >= 4 is 10.0 Å². The quantitative estimate of drug-likeness (QED) is 0.639. The molecule has 3 aliphatic rings. The van der Waals surface area contributed by atoms with Crippen LogP contribution in [0.4, 0.5) is 0 Å². The van der Waals surface area contributed by atoms with E-state index in [1.807, 2.05) is 6.07 Å². The number of hydrogen-bond donors (Lipinski definition) is 1. The molecule has 184 valence electrons. The van der Waals surface area contributed by atoms with Crippen LogP contribution in [0.1, 0.15) is 30.1 Å². The van der Waals surface area contributed by atoms with Gasteiger partial charge in [-0.3, -0.25) is 4.90 Å². The normalized spacial score (nSPS) is 22.2. The van der Waals surface area contributed by atoms with E-state index in [9.17, 15) is 13.5 Å². The molecular formula is C25H32N2O6S. The van der Waals surface area contributed by atoms with Crippen molar-refractivity contribution in [3.8, 4) is 11.5 Å². The third-order valence-electron chi connectivity index (χ3n) is 6.76. The third-order valence-corrected chi connectivity index (χ3v) is 8.65. The van der Waals surface area contributed by atoms with Gasteiger partial charge in [0.2, 0.25) is 10.0 Å². The molecule has 0 spiro atoms. The first-order valence-electron chi connectivity index (χ1n) is 12.0. The van der Waals surface area contributed by atoms with Crippen molar-refractivity contribution in [2.24, 2.45) is 0 Å². The van der Waals surface area contributed by atoms with Crippen molar-refractivity contribution in [1.82, 2.24) is 9.21 Å². The molecule has 0 aromatic heterocycles. The molecule has 2 aliphatic heterocycles. The standard InChI is InChI=1S/C25H32N2O6S/c28-20(18-33-23-7-3-5-19-4-1-2-6-22(19)23)17-26-10-12-27(13-11-26)34(29,30)21-8-9-24-25(16-21)32-15-14-31-24/h1-2,4,6,8-9,16,20,23,28H,3,5,7,10-15,17-18H2/t20-,23-/m0/s1. The molecule has 2 heterocycles. The van der Waals surface area contributed by atoms with Crippen LogP contribution in [0.5, 0.6) is 11.5 Å². The van der Waals surface area contributed by atoms with Gasteiger partial charge in [0.05, 0.1) is 23.7 Å². The second-order valence-electron chi connectivity index (χ2n) is 9.08. The Morgan fingerprint density at radius 3 is 2.62 bits per heavy atom. The molecule has 1 saturated heterocycles. The summed E-state index contributed by atoms with van der Waals surface area (Å²) in [7, 11) is -3.62. The summed E-state index contributed by atoms with van der Waals surface area (Å²) in [6, 6.07) is 13.1. The average Bonchev–Trinajstić information content (AvgIpc) is 2.87. The number of sulfonamides is 1. The van der Waals surface area contributed by atoms with Crippen LogP contribution in [0.25, 0.3) is 0 Å². The molecule has 9 heteroatoms. The number of piperazine rings is 1. The van der Waals surface area contributed by atoms with E-state index in [1.54, 1.807) is 18.2 Å². The van der Waals surface area contributed by atoms with Gasteiger partial charge < -0.3 is 19.3 Å². The Morgan fingerprint density at radius 1 is 1.03 bits per heavy atom. The molecule has 0 saturated carbocycles. The Labute approximate surface area is 201 Å². The molecule has 0 bridgehead atoms. The Morgan fingerprint density at radius 2 is 1.79 bits per heavy atom. The predicted octanol–water partition coefficient (Wildman–Crippen LogP) is 2.22. The molecule has 2 aromatic rings. The van der Waals surface area contributed by atoms with Crippen LogP contribution in [0.2, 0.25) is 0 Å². The molecular weight excluding hydrogens is 456 g/mol. The first-order chi connectivity index (χ1) is 16.5. The van der Waals surface area contributed by atoms with Crippen LogP contribution in [0, 0.1) is 0 Å². The van der Waals surface area contributed by atoms with Crippen molar-refractivity contribution in [2.75, 3.05) is 52.5 Å². The molecule has 8 nitrogen and oxygen atoms in total. The number of nitrogens with zero attached hydrogens (tertiary/aromatic N) is 2. The molecule has 1 aliphatic carbocycles. The second-order valence-corrected chi connectivity index (χ2v) is 11.0. The van der Waals surface area contributed by atoms with E-state index in [1.165, 1.54) is 15.4 Å². The number of hydrogen-bond acceptors (Lipinski definition) is 7. The molecule has 0 radical (unpaired) electrons. The van der Waals surface area contributed by atoms with Gasteiger partial charge in [0.1, 0.15) is 13.2 Å². The van der Waals surface area contributed by atoms with Crippen LogP contribution in [0.3, 0.4) is 0 Å². The number of aliphatic hydroxyl groups is 1. The van der Waals surface area contributed by atoms with Crippen LogP contribution in [-0.2, 0) is 21.2 Å². The van der Waals surface area contributed by atoms with E-state index >= 15 is 0 Å². The number of aryl methyl sites for hydroxylation is 1. The largest absolute Gasteiger partial charge is 0.486 e.